The third-order valence-corrected chi connectivity index (χ3v) is 2.92. The van der Waals surface area contributed by atoms with Crippen LogP contribution in [0.1, 0.15) is 19.0 Å². The molecule has 1 heterocycles. The van der Waals surface area contributed by atoms with Gasteiger partial charge in [0.05, 0.1) is 11.4 Å². The van der Waals surface area contributed by atoms with Gasteiger partial charge in [-0.05, 0) is 44.5 Å². The number of halogens is 1. The largest absolute Gasteiger partial charge is 0.330 e. The lowest BCUT2D eigenvalue weighted by Crippen LogP contribution is -2.02. The number of hydrogen-bond donors (Lipinski definition) is 1. The molecule has 0 atom stereocenters. The van der Waals surface area contributed by atoms with Gasteiger partial charge in [-0.2, -0.15) is 5.10 Å². The lowest BCUT2D eigenvalue weighted by molar-refractivity contribution is 0.618. The van der Waals surface area contributed by atoms with Crippen molar-refractivity contribution in [2.75, 3.05) is 6.54 Å². The second-order valence-electron chi connectivity index (χ2n) is 4.21. The van der Waals surface area contributed by atoms with Crippen LogP contribution in [0.4, 0.5) is 4.39 Å². The Morgan fingerprint density at radius 2 is 2.11 bits per heavy atom. The molecule has 18 heavy (non-hydrogen) atoms. The van der Waals surface area contributed by atoms with Crippen molar-refractivity contribution in [3.63, 3.8) is 0 Å². The smallest absolute Gasteiger partial charge is 0.132 e. The van der Waals surface area contributed by atoms with E-state index >= 15 is 0 Å². The van der Waals surface area contributed by atoms with Crippen molar-refractivity contribution in [3.8, 4) is 11.3 Å². The highest BCUT2D eigenvalue weighted by Gasteiger charge is 2.11. The van der Waals surface area contributed by atoms with Crippen LogP contribution in [0.2, 0.25) is 0 Å². The summed E-state index contributed by atoms with van der Waals surface area (Å²) in [7, 11) is 0. The van der Waals surface area contributed by atoms with Gasteiger partial charge in [0.25, 0.3) is 0 Å². The zero-order chi connectivity index (χ0) is 13.0. The number of hydrogen-bond acceptors (Lipinski definition) is 2. The summed E-state index contributed by atoms with van der Waals surface area (Å²) in [6, 6.07) is 8.75. The first kappa shape index (κ1) is 12.8. The fourth-order valence-electron chi connectivity index (χ4n) is 2.00. The Morgan fingerprint density at radius 3 is 2.78 bits per heavy atom. The van der Waals surface area contributed by atoms with Crippen LogP contribution in [0.25, 0.3) is 11.3 Å². The van der Waals surface area contributed by atoms with Crippen LogP contribution in [-0.4, -0.2) is 16.3 Å². The minimum absolute atomic E-state index is 0.211. The maximum Gasteiger partial charge on any atom is 0.132 e. The van der Waals surface area contributed by atoms with E-state index in [0.717, 1.165) is 30.8 Å². The lowest BCUT2D eigenvalue weighted by atomic mass is 10.1. The summed E-state index contributed by atoms with van der Waals surface area (Å²) in [6.45, 7) is 3.38. The van der Waals surface area contributed by atoms with Crippen molar-refractivity contribution >= 4 is 0 Å². The molecule has 96 valence electrons. The molecule has 0 amide bonds. The Hall–Kier alpha value is -1.68. The highest BCUT2D eigenvalue weighted by molar-refractivity contribution is 5.60. The summed E-state index contributed by atoms with van der Waals surface area (Å²) in [4.78, 5) is 0. The fourth-order valence-corrected chi connectivity index (χ4v) is 2.00. The van der Waals surface area contributed by atoms with Crippen molar-refractivity contribution in [1.29, 1.82) is 0 Å². The first-order valence-corrected chi connectivity index (χ1v) is 6.28. The van der Waals surface area contributed by atoms with Crippen LogP contribution in [-0.2, 0) is 13.0 Å². The summed E-state index contributed by atoms with van der Waals surface area (Å²) >= 11 is 0. The average molecular weight is 247 g/mol. The predicted molar refractivity (Wildman–Crippen MR) is 70.7 cm³/mol. The molecule has 2 aromatic rings. The minimum atomic E-state index is -0.211. The molecule has 4 heteroatoms. The molecular formula is C14H18FN3. The molecule has 0 saturated heterocycles. The molecule has 0 aliphatic rings. The maximum atomic E-state index is 13.8. The monoisotopic (exact) mass is 247 g/mol. The van der Waals surface area contributed by atoms with Crippen LogP contribution in [0.15, 0.2) is 30.3 Å². The molecule has 0 saturated carbocycles. The van der Waals surface area contributed by atoms with E-state index in [1.165, 1.54) is 6.07 Å². The lowest BCUT2D eigenvalue weighted by Gasteiger charge is -2.05. The van der Waals surface area contributed by atoms with Crippen molar-refractivity contribution in [2.24, 2.45) is 5.73 Å². The van der Waals surface area contributed by atoms with Gasteiger partial charge >= 0.3 is 0 Å². The molecule has 0 bridgehead atoms. The summed E-state index contributed by atoms with van der Waals surface area (Å²) < 4.78 is 15.6. The minimum Gasteiger partial charge on any atom is -0.330 e. The zero-order valence-electron chi connectivity index (χ0n) is 10.6. The van der Waals surface area contributed by atoms with Gasteiger partial charge in [-0.3, -0.25) is 4.68 Å². The van der Waals surface area contributed by atoms with Crippen LogP contribution in [0.5, 0.6) is 0 Å². The Labute approximate surface area is 106 Å². The normalized spacial score (nSPS) is 10.8. The molecule has 0 unspecified atom stereocenters. The van der Waals surface area contributed by atoms with Gasteiger partial charge in [0.2, 0.25) is 0 Å². The molecule has 0 radical (unpaired) electrons. The SMILES string of the molecule is CCn1nc(CCCN)cc1-c1ccccc1F. The standard InChI is InChI=1S/C14H18FN3/c1-2-18-14(10-11(17-18)6-5-9-16)12-7-3-4-8-13(12)15/h3-4,7-8,10H,2,5-6,9,16H2,1H3. The Balaban J connectivity index is 2.37. The molecule has 0 aliphatic heterocycles. The van der Waals surface area contributed by atoms with Crippen molar-refractivity contribution in [2.45, 2.75) is 26.3 Å². The zero-order valence-corrected chi connectivity index (χ0v) is 10.6. The first-order valence-electron chi connectivity index (χ1n) is 6.28. The van der Waals surface area contributed by atoms with E-state index in [4.69, 9.17) is 5.73 Å². The second kappa shape index (κ2) is 5.78. The number of rotatable bonds is 5. The van der Waals surface area contributed by atoms with E-state index in [9.17, 15) is 4.39 Å². The summed E-state index contributed by atoms with van der Waals surface area (Å²) in [5.74, 6) is -0.211. The molecule has 3 nitrogen and oxygen atoms in total. The quantitative estimate of drug-likeness (QED) is 0.882. The third-order valence-electron chi connectivity index (χ3n) is 2.92. The van der Waals surface area contributed by atoms with Gasteiger partial charge in [0, 0.05) is 12.1 Å². The molecule has 1 aromatic heterocycles. The third kappa shape index (κ3) is 2.59. The Morgan fingerprint density at radius 1 is 1.33 bits per heavy atom. The molecule has 0 fully saturated rings. The van der Waals surface area contributed by atoms with E-state index in [1.807, 2.05) is 23.7 Å². The van der Waals surface area contributed by atoms with Crippen LogP contribution >= 0.6 is 0 Å². The summed E-state index contributed by atoms with van der Waals surface area (Å²) in [5.41, 5.74) is 7.91. The predicted octanol–water partition coefficient (Wildman–Crippen LogP) is 2.60. The van der Waals surface area contributed by atoms with E-state index in [-0.39, 0.29) is 5.82 Å². The van der Waals surface area contributed by atoms with Crippen LogP contribution in [0, 0.1) is 5.82 Å². The molecular weight excluding hydrogens is 229 g/mol. The van der Waals surface area contributed by atoms with E-state index in [1.54, 1.807) is 12.1 Å². The van der Waals surface area contributed by atoms with Gasteiger partial charge in [-0.15, -0.1) is 0 Å². The molecule has 0 aliphatic carbocycles. The van der Waals surface area contributed by atoms with Crippen LogP contribution < -0.4 is 5.73 Å². The molecule has 2 N–H and O–H groups in total. The Kier molecular flexibility index (Phi) is 4.10. The molecule has 2 rings (SSSR count). The van der Waals surface area contributed by atoms with Crippen molar-refractivity contribution in [3.05, 3.63) is 41.8 Å². The van der Waals surface area contributed by atoms with Gasteiger partial charge in [-0.25, -0.2) is 4.39 Å². The van der Waals surface area contributed by atoms with Crippen LogP contribution in [0.3, 0.4) is 0 Å². The fraction of sp³-hybridized carbons (Fsp3) is 0.357. The first-order chi connectivity index (χ1) is 8.76. The maximum absolute atomic E-state index is 13.8. The summed E-state index contributed by atoms with van der Waals surface area (Å²) in [5, 5.41) is 4.48. The van der Waals surface area contributed by atoms with E-state index < -0.39 is 0 Å². The van der Waals surface area contributed by atoms with E-state index in [2.05, 4.69) is 5.10 Å². The Bertz CT molecular complexity index is 520. The number of benzene rings is 1. The number of nitrogens with zero attached hydrogens (tertiary/aromatic N) is 2. The van der Waals surface area contributed by atoms with Gasteiger partial charge in [0.1, 0.15) is 5.82 Å². The van der Waals surface area contributed by atoms with Crippen molar-refractivity contribution < 1.29 is 4.39 Å². The van der Waals surface area contributed by atoms with E-state index in [0.29, 0.717) is 12.1 Å². The molecule has 1 aromatic carbocycles. The summed E-state index contributed by atoms with van der Waals surface area (Å²) in [6.07, 6.45) is 1.74. The highest BCUT2D eigenvalue weighted by Crippen LogP contribution is 2.23. The topological polar surface area (TPSA) is 43.8 Å². The average Bonchev–Trinajstić information content (AvgIpc) is 2.80. The van der Waals surface area contributed by atoms with Gasteiger partial charge in [0.15, 0.2) is 0 Å². The number of aromatic nitrogens is 2. The highest BCUT2D eigenvalue weighted by atomic mass is 19.1. The number of nitrogens with two attached hydrogens (primary N) is 1. The number of aryl methyl sites for hydroxylation is 2. The van der Waals surface area contributed by atoms with Gasteiger partial charge in [-0.1, -0.05) is 12.1 Å². The molecule has 0 spiro atoms. The van der Waals surface area contributed by atoms with Crippen molar-refractivity contribution in [1.82, 2.24) is 9.78 Å². The van der Waals surface area contributed by atoms with Gasteiger partial charge < -0.3 is 5.73 Å². The second-order valence-corrected chi connectivity index (χ2v) is 4.21.